The molecule has 1 aromatic heterocycles. The smallest absolute Gasteiger partial charge is 0.335 e. The van der Waals surface area contributed by atoms with Crippen molar-refractivity contribution in [1.29, 1.82) is 5.26 Å². The van der Waals surface area contributed by atoms with Gasteiger partial charge in [-0.1, -0.05) is 6.07 Å². The van der Waals surface area contributed by atoms with Crippen LogP contribution in [0.25, 0.3) is 0 Å². The third-order valence-corrected chi connectivity index (χ3v) is 3.35. The zero-order valence-electron chi connectivity index (χ0n) is 11.3. The molecule has 0 saturated carbocycles. The molecule has 0 amide bonds. The number of benzene rings is 1. The second kappa shape index (κ2) is 5.49. The van der Waals surface area contributed by atoms with E-state index in [0.29, 0.717) is 12.2 Å². The number of anilines is 1. The Morgan fingerprint density at radius 3 is 2.80 bits per heavy atom. The van der Waals surface area contributed by atoms with Crippen molar-refractivity contribution in [3.63, 3.8) is 0 Å². The minimum absolute atomic E-state index is 0.248. The molecule has 0 bridgehead atoms. The highest BCUT2D eigenvalue weighted by Crippen LogP contribution is 2.16. The van der Waals surface area contributed by atoms with Crippen molar-refractivity contribution < 1.29 is 9.90 Å². The molecule has 5 heteroatoms. The van der Waals surface area contributed by atoms with Gasteiger partial charge in [0.05, 0.1) is 5.56 Å². The van der Waals surface area contributed by atoms with E-state index in [1.54, 1.807) is 18.2 Å². The largest absolute Gasteiger partial charge is 0.478 e. The van der Waals surface area contributed by atoms with Crippen molar-refractivity contribution in [3.8, 4) is 6.07 Å². The van der Waals surface area contributed by atoms with Crippen LogP contribution in [0.5, 0.6) is 0 Å². The summed E-state index contributed by atoms with van der Waals surface area (Å²) in [5, 5.41) is 21.1. The summed E-state index contributed by atoms with van der Waals surface area (Å²) in [7, 11) is 1.85. The molecule has 1 aromatic carbocycles. The molecule has 2 rings (SSSR count). The fraction of sp³-hybridized carbons (Fsp3) is 0.200. The van der Waals surface area contributed by atoms with Crippen molar-refractivity contribution in [2.45, 2.75) is 13.5 Å². The molecule has 0 atom stereocenters. The van der Waals surface area contributed by atoms with E-state index in [1.165, 1.54) is 0 Å². The first-order valence-electron chi connectivity index (χ1n) is 6.15. The van der Waals surface area contributed by atoms with E-state index < -0.39 is 5.97 Å². The zero-order valence-corrected chi connectivity index (χ0v) is 11.3. The van der Waals surface area contributed by atoms with Gasteiger partial charge >= 0.3 is 5.97 Å². The third kappa shape index (κ3) is 2.64. The molecule has 5 nitrogen and oxygen atoms in total. The van der Waals surface area contributed by atoms with Crippen LogP contribution in [0.2, 0.25) is 0 Å². The molecule has 0 unspecified atom stereocenters. The number of nitrogens with one attached hydrogen (secondary N) is 1. The summed E-state index contributed by atoms with van der Waals surface area (Å²) in [5.41, 5.74) is 3.64. The summed E-state index contributed by atoms with van der Waals surface area (Å²) in [4.78, 5) is 10.9. The van der Waals surface area contributed by atoms with Gasteiger partial charge in [-0.15, -0.1) is 0 Å². The number of carboxylic acids is 1. The van der Waals surface area contributed by atoms with Crippen molar-refractivity contribution >= 4 is 11.7 Å². The molecular weight excluding hydrogens is 254 g/mol. The molecule has 20 heavy (non-hydrogen) atoms. The minimum atomic E-state index is -0.948. The van der Waals surface area contributed by atoms with Crippen LogP contribution in [0, 0.1) is 18.3 Å². The van der Waals surface area contributed by atoms with Crippen molar-refractivity contribution in [2.24, 2.45) is 7.05 Å². The van der Waals surface area contributed by atoms with Crippen LogP contribution in [0.1, 0.15) is 27.3 Å². The molecule has 2 aromatic rings. The van der Waals surface area contributed by atoms with Gasteiger partial charge in [0.1, 0.15) is 11.8 Å². The van der Waals surface area contributed by atoms with E-state index >= 15 is 0 Å². The Morgan fingerprint density at radius 2 is 2.20 bits per heavy atom. The molecule has 0 aliphatic carbocycles. The van der Waals surface area contributed by atoms with Gasteiger partial charge in [0, 0.05) is 25.0 Å². The second-order valence-electron chi connectivity index (χ2n) is 4.55. The SMILES string of the molecule is Cc1c(CNc2cccc(C(=O)O)c2)cc(C#N)n1C. The van der Waals surface area contributed by atoms with E-state index in [9.17, 15) is 4.79 Å². The highest BCUT2D eigenvalue weighted by Gasteiger charge is 2.08. The Morgan fingerprint density at radius 1 is 1.45 bits per heavy atom. The molecule has 2 N–H and O–H groups in total. The maximum atomic E-state index is 10.9. The average Bonchev–Trinajstić information content (AvgIpc) is 2.73. The number of nitrogens with zero attached hydrogens (tertiary/aromatic N) is 2. The van der Waals surface area contributed by atoms with E-state index in [4.69, 9.17) is 10.4 Å². The van der Waals surface area contributed by atoms with Gasteiger partial charge < -0.3 is 15.0 Å². The van der Waals surface area contributed by atoms with Crippen LogP contribution in [0.3, 0.4) is 0 Å². The summed E-state index contributed by atoms with van der Waals surface area (Å²) in [6.07, 6.45) is 0. The molecule has 0 spiro atoms. The third-order valence-electron chi connectivity index (χ3n) is 3.35. The van der Waals surface area contributed by atoms with Crippen LogP contribution >= 0.6 is 0 Å². The summed E-state index contributed by atoms with van der Waals surface area (Å²) in [6.45, 7) is 2.50. The molecule has 0 aliphatic rings. The van der Waals surface area contributed by atoms with Gasteiger partial charge in [-0.3, -0.25) is 0 Å². The Balaban J connectivity index is 2.15. The van der Waals surface area contributed by atoms with Gasteiger partial charge in [-0.05, 0) is 36.8 Å². The lowest BCUT2D eigenvalue weighted by atomic mass is 10.2. The summed E-state index contributed by atoms with van der Waals surface area (Å²) < 4.78 is 1.84. The molecule has 0 saturated heterocycles. The summed E-state index contributed by atoms with van der Waals surface area (Å²) >= 11 is 0. The number of aromatic carboxylic acids is 1. The van der Waals surface area contributed by atoms with Crippen LogP contribution in [-0.4, -0.2) is 15.6 Å². The molecule has 1 heterocycles. The predicted octanol–water partition coefficient (Wildman–Crippen LogP) is 2.52. The Hall–Kier alpha value is -2.74. The first-order valence-corrected chi connectivity index (χ1v) is 6.15. The van der Waals surface area contributed by atoms with Crippen LogP contribution in [0.4, 0.5) is 5.69 Å². The quantitative estimate of drug-likeness (QED) is 0.894. The zero-order chi connectivity index (χ0) is 14.7. The monoisotopic (exact) mass is 269 g/mol. The number of carboxylic acid groups (broad SMARTS) is 1. The first kappa shape index (κ1) is 13.7. The number of hydrogen-bond donors (Lipinski definition) is 2. The fourth-order valence-electron chi connectivity index (χ4n) is 2.01. The molecule has 0 aliphatic heterocycles. The van der Waals surface area contributed by atoms with Crippen LogP contribution in [-0.2, 0) is 13.6 Å². The Kier molecular flexibility index (Phi) is 3.76. The van der Waals surface area contributed by atoms with Gasteiger partial charge in [0.15, 0.2) is 0 Å². The maximum absolute atomic E-state index is 10.9. The maximum Gasteiger partial charge on any atom is 0.335 e. The van der Waals surface area contributed by atoms with E-state index in [-0.39, 0.29) is 5.56 Å². The number of hydrogen-bond acceptors (Lipinski definition) is 3. The molecular formula is C15H15N3O2. The first-order chi connectivity index (χ1) is 9.52. The number of nitriles is 1. The normalized spacial score (nSPS) is 10.1. The Bertz CT molecular complexity index is 696. The average molecular weight is 269 g/mol. The lowest BCUT2D eigenvalue weighted by Crippen LogP contribution is -2.03. The van der Waals surface area contributed by atoms with Gasteiger partial charge in [-0.25, -0.2) is 4.79 Å². The van der Waals surface area contributed by atoms with Crippen LogP contribution in [0.15, 0.2) is 30.3 Å². The lowest BCUT2D eigenvalue weighted by Gasteiger charge is -2.07. The standard InChI is InChI=1S/C15H15N3O2/c1-10-12(7-14(8-16)18(10)2)9-17-13-5-3-4-11(6-13)15(19)20/h3-7,17H,9H2,1-2H3,(H,19,20). The van der Waals surface area contributed by atoms with Gasteiger partial charge in [-0.2, -0.15) is 5.26 Å². The van der Waals surface area contributed by atoms with Crippen molar-refractivity contribution in [2.75, 3.05) is 5.32 Å². The number of aromatic nitrogens is 1. The number of carbonyl (C=O) groups is 1. The van der Waals surface area contributed by atoms with E-state index in [1.807, 2.05) is 30.7 Å². The summed E-state index contributed by atoms with van der Waals surface area (Å²) in [6, 6.07) is 10.6. The second-order valence-corrected chi connectivity index (χ2v) is 4.55. The molecule has 102 valence electrons. The van der Waals surface area contributed by atoms with Crippen molar-refractivity contribution in [3.05, 3.63) is 52.8 Å². The highest BCUT2D eigenvalue weighted by atomic mass is 16.4. The number of rotatable bonds is 4. The van der Waals surface area contributed by atoms with Crippen molar-refractivity contribution in [1.82, 2.24) is 4.57 Å². The highest BCUT2D eigenvalue weighted by molar-refractivity contribution is 5.88. The van der Waals surface area contributed by atoms with E-state index in [2.05, 4.69) is 11.4 Å². The predicted molar refractivity (Wildman–Crippen MR) is 75.6 cm³/mol. The minimum Gasteiger partial charge on any atom is -0.478 e. The molecule has 0 fully saturated rings. The van der Waals surface area contributed by atoms with Crippen LogP contribution < -0.4 is 5.32 Å². The van der Waals surface area contributed by atoms with E-state index in [0.717, 1.165) is 16.9 Å². The molecule has 0 radical (unpaired) electrons. The topological polar surface area (TPSA) is 78.1 Å². The summed E-state index contributed by atoms with van der Waals surface area (Å²) in [5.74, 6) is -0.948. The fourth-order valence-corrected chi connectivity index (χ4v) is 2.01. The lowest BCUT2D eigenvalue weighted by molar-refractivity contribution is 0.0697. The van der Waals surface area contributed by atoms with Gasteiger partial charge in [0.25, 0.3) is 0 Å². The Labute approximate surface area is 117 Å². The van der Waals surface area contributed by atoms with Gasteiger partial charge in [0.2, 0.25) is 0 Å².